The van der Waals surface area contributed by atoms with Gasteiger partial charge in [0.25, 0.3) is 0 Å². The van der Waals surface area contributed by atoms with Crippen molar-refractivity contribution in [1.29, 1.82) is 0 Å². The van der Waals surface area contributed by atoms with Gasteiger partial charge in [0.05, 0.1) is 10.7 Å². The topological polar surface area (TPSA) is 15.6 Å². The summed E-state index contributed by atoms with van der Waals surface area (Å²) in [5.74, 6) is 2.79. The maximum Gasteiger partial charge on any atom is 0.108 e. The van der Waals surface area contributed by atoms with E-state index in [9.17, 15) is 0 Å². The third kappa shape index (κ3) is 1.59. The predicted molar refractivity (Wildman–Crippen MR) is 74.8 cm³/mol. The summed E-state index contributed by atoms with van der Waals surface area (Å²) in [5.41, 5.74) is 2.11. The standard InChI is InChI=1S/C14H14Cl2N2/c15-11-4-10-7-18-6-8-1-2-9(3-8)14(18)17-13(10)12(16)5-11/h4-5,8-9H,1-3,6-7H2. The summed E-state index contributed by atoms with van der Waals surface area (Å²) in [7, 11) is 0. The van der Waals surface area contributed by atoms with E-state index in [1.54, 1.807) is 6.07 Å². The largest absolute Gasteiger partial charge is 0.355 e. The molecule has 94 valence electrons. The van der Waals surface area contributed by atoms with Crippen LogP contribution in [0.3, 0.4) is 0 Å². The zero-order chi connectivity index (χ0) is 12.3. The molecular weight excluding hydrogens is 267 g/mol. The van der Waals surface area contributed by atoms with Crippen LogP contribution in [-0.2, 0) is 6.54 Å². The third-order valence-corrected chi connectivity index (χ3v) is 4.91. The van der Waals surface area contributed by atoms with E-state index in [0.717, 1.165) is 30.3 Å². The van der Waals surface area contributed by atoms with Crippen molar-refractivity contribution < 1.29 is 0 Å². The highest BCUT2D eigenvalue weighted by Gasteiger charge is 2.39. The molecule has 2 nitrogen and oxygen atoms in total. The molecule has 3 aliphatic rings. The van der Waals surface area contributed by atoms with E-state index in [-0.39, 0.29) is 0 Å². The van der Waals surface area contributed by atoms with E-state index >= 15 is 0 Å². The molecule has 4 rings (SSSR count). The van der Waals surface area contributed by atoms with Crippen LogP contribution in [0, 0.1) is 11.8 Å². The van der Waals surface area contributed by atoms with Crippen LogP contribution in [0.15, 0.2) is 17.1 Å². The second-order valence-corrected chi connectivity index (χ2v) is 6.47. The van der Waals surface area contributed by atoms with Crippen molar-refractivity contribution in [1.82, 2.24) is 4.90 Å². The minimum absolute atomic E-state index is 0.656. The number of nitrogens with zero attached hydrogens (tertiary/aromatic N) is 2. The van der Waals surface area contributed by atoms with Crippen LogP contribution in [-0.4, -0.2) is 17.3 Å². The van der Waals surface area contributed by atoms with Crippen molar-refractivity contribution in [3.05, 3.63) is 27.7 Å². The lowest BCUT2D eigenvalue weighted by Crippen LogP contribution is -2.42. The first-order chi connectivity index (χ1) is 8.70. The molecule has 2 heterocycles. The number of fused-ring (bicyclic) bond motifs is 5. The van der Waals surface area contributed by atoms with Crippen LogP contribution in [0.5, 0.6) is 0 Å². The molecule has 1 saturated carbocycles. The Morgan fingerprint density at radius 3 is 3.00 bits per heavy atom. The van der Waals surface area contributed by atoms with E-state index in [4.69, 9.17) is 28.2 Å². The van der Waals surface area contributed by atoms with Gasteiger partial charge in [0.15, 0.2) is 0 Å². The smallest absolute Gasteiger partial charge is 0.108 e. The second kappa shape index (κ2) is 3.88. The van der Waals surface area contributed by atoms with Crippen molar-refractivity contribution in [2.24, 2.45) is 16.8 Å². The average molecular weight is 281 g/mol. The number of hydrogen-bond donors (Lipinski definition) is 0. The lowest BCUT2D eigenvalue weighted by Gasteiger charge is -2.38. The fourth-order valence-corrected chi connectivity index (χ4v) is 4.21. The van der Waals surface area contributed by atoms with E-state index in [1.165, 1.54) is 25.1 Å². The summed E-state index contributed by atoms with van der Waals surface area (Å²) < 4.78 is 0. The van der Waals surface area contributed by atoms with Crippen molar-refractivity contribution in [2.75, 3.05) is 6.54 Å². The molecule has 0 spiro atoms. The van der Waals surface area contributed by atoms with Crippen molar-refractivity contribution in [3.8, 4) is 0 Å². The Morgan fingerprint density at radius 2 is 2.11 bits per heavy atom. The van der Waals surface area contributed by atoms with Crippen LogP contribution < -0.4 is 0 Å². The molecular formula is C14H14Cl2N2. The summed E-state index contributed by atoms with van der Waals surface area (Å²) in [5, 5.41) is 1.39. The average Bonchev–Trinajstić information content (AvgIpc) is 2.70. The predicted octanol–water partition coefficient (Wildman–Crippen LogP) is 4.27. The summed E-state index contributed by atoms with van der Waals surface area (Å²) in [6, 6.07) is 3.79. The van der Waals surface area contributed by atoms with Gasteiger partial charge in [-0.2, -0.15) is 0 Å². The molecule has 1 aromatic rings. The molecule has 0 amide bonds. The fourth-order valence-electron chi connectivity index (χ4n) is 3.63. The molecule has 2 bridgehead atoms. The number of benzene rings is 1. The SMILES string of the molecule is Clc1cc(Cl)c2c(c1)CN1CC3CCC(C3)C1=N2. The maximum atomic E-state index is 6.27. The van der Waals surface area contributed by atoms with Gasteiger partial charge in [-0.15, -0.1) is 0 Å². The first-order valence-corrected chi connectivity index (χ1v) is 7.28. The van der Waals surface area contributed by atoms with Gasteiger partial charge >= 0.3 is 0 Å². The minimum atomic E-state index is 0.656. The number of rotatable bonds is 0. The molecule has 18 heavy (non-hydrogen) atoms. The Bertz CT molecular complexity index is 553. The zero-order valence-corrected chi connectivity index (χ0v) is 11.5. The van der Waals surface area contributed by atoms with E-state index in [0.29, 0.717) is 16.0 Å². The molecule has 2 fully saturated rings. The molecule has 1 aromatic carbocycles. The summed E-state index contributed by atoms with van der Waals surface area (Å²) in [6.45, 7) is 2.07. The molecule has 0 radical (unpaired) electrons. The summed E-state index contributed by atoms with van der Waals surface area (Å²) >= 11 is 12.3. The summed E-state index contributed by atoms with van der Waals surface area (Å²) in [4.78, 5) is 7.27. The van der Waals surface area contributed by atoms with E-state index < -0.39 is 0 Å². The number of halogens is 2. The second-order valence-electron chi connectivity index (χ2n) is 5.62. The molecule has 1 aliphatic carbocycles. The number of aliphatic imine (C=N–C) groups is 1. The molecule has 0 N–H and O–H groups in total. The minimum Gasteiger partial charge on any atom is -0.355 e. The van der Waals surface area contributed by atoms with Crippen LogP contribution in [0.25, 0.3) is 0 Å². The van der Waals surface area contributed by atoms with E-state index in [2.05, 4.69) is 4.90 Å². The number of hydrogen-bond acceptors (Lipinski definition) is 2. The number of piperidine rings is 1. The molecule has 2 atom stereocenters. The highest BCUT2D eigenvalue weighted by molar-refractivity contribution is 6.36. The highest BCUT2D eigenvalue weighted by Crippen LogP contribution is 2.44. The molecule has 0 aromatic heterocycles. The van der Waals surface area contributed by atoms with Gasteiger partial charge in [-0.05, 0) is 37.3 Å². The lowest BCUT2D eigenvalue weighted by atomic mass is 9.95. The maximum absolute atomic E-state index is 6.27. The van der Waals surface area contributed by atoms with Gasteiger partial charge in [0.2, 0.25) is 0 Å². The van der Waals surface area contributed by atoms with E-state index in [1.807, 2.05) is 6.07 Å². The number of amidine groups is 1. The third-order valence-electron chi connectivity index (χ3n) is 4.40. The van der Waals surface area contributed by atoms with Crippen LogP contribution in [0.4, 0.5) is 5.69 Å². The van der Waals surface area contributed by atoms with Crippen LogP contribution in [0.1, 0.15) is 24.8 Å². The quantitative estimate of drug-likeness (QED) is 0.693. The van der Waals surface area contributed by atoms with Gasteiger partial charge in [-0.3, -0.25) is 0 Å². The fraction of sp³-hybridized carbons (Fsp3) is 0.500. The monoisotopic (exact) mass is 280 g/mol. The Hall–Kier alpha value is -0.730. The Balaban J connectivity index is 1.84. The van der Waals surface area contributed by atoms with Crippen molar-refractivity contribution in [2.45, 2.75) is 25.8 Å². The Labute approximate surface area is 117 Å². The molecule has 2 aliphatic heterocycles. The molecule has 1 saturated heterocycles. The molecule has 4 heteroatoms. The highest BCUT2D eigenvalue weighted by atomic mass is 35.5. The van der Waals surface area contributed by atoms with Gasteiger partial charge in [-0.25, -0.2) is 4.99 Å². The molecule has 2 unspecified atom stereocenters. The van der Waals surface area contributed by atoms with Crippen LogP contribution in [0.2, 0.25) is 10.0 Å². The first kappa shape index (κ1) is 11.1. The first-order valence-electron chi connectivity index (χ1n) is 6.52. The van der Waals surface area contributed by atoms with Gasteiger partial charge in [0.1, 0.15) is 5.84 Å². The summed E-state index contributed by atoms with van der Waals surface area (Å²) in [6.07, 6.45) is 3.96. The Kier molecular flexibility index (Phi) is 2.40. The van der Waals surface area contributed by atoms with Gasteiger partial charge in [0, 0.05) is 29.6 Å². The van der Waals surface area contributed by atoms with Crippen molar-refractivity contribution in [3.63, 3.8) is 0 Å². The zero-order valence-electron chi connectivity index (χ0n) is 10.00. The Morgan fingerprint density at radius 1 is 1.22 bits per heavy atom. The van der Waals surface area contributed by atoms with Crippen molar-refractivity contribution >= 4 is 34.7 Å². The lowest BCUT2D eigenvalue weighted by molar-refractivity contribution is 0.291. The van der Waals surface area contributed by atoms with Crippen LogP contribution >= 0.6 is 23.2 Å². The normalized spacial score (nSPS) is 28.8. The van der Waals surface area contributed by atoms with Gasteiger partial charge in [-0.1, -0.05) is 23.2 Å². The van der Waals surface area contributed by atoms with Gasteiger partial charge < -0.3 is 4.90 Å².